The average molecular weight is 224 g/mol. The highest BCUT2D eigenvalue weighted by atomic mass is 19.1. The van der Waals surface area contributed by atoms with E-state index < -0.39 is 5.82 Å². The topological polar surface area (TPSA) is 47.2 Å². The Hall–Kier alpha value is -1.62. The predicted molar refractivity (Wildman–Crippen MR) is 58.9 cm³/mol. The lowest BCUT2D eigenvalue weighted by Gasteiger charge is -2.09. The van der Waals surface area contributed by atoms with E-state index in [0.29, 0.717) is 5.52 Å². The third kappa shape index (κ3) is 1.36. The second-order valence-electron chi connectivity index (χ2n) is 3.85. The molecule has 5 heteroatoms. The first-order valence-electron chi connectivity index (χ1n) is 5.04. The van der Waals surface area contributed by atoms with Crippen LogP contribution in [0.5, 0.6) is 0 Å². The normalized spacial score (nSPS) is 13.2. The highest BCUT2D eigenvalue weighted by Gasteiger charge is 2.17. The zero-order chi connectivity index (χ0) is 11.9. The van der Waals surface area contributed by atoms with Crippen molar-refractivity contribution >= 4 is 11.0 Å². The minimum atomic E-state index is -0.430. The maximum Gasteiger partial charge on any atom is 0.329 e. The van der Waals surface area contributed by atoms with Gasteiger partial charge in [-0.05, 0) is 19.1 Å². The fourth-order valence-corrected chi connectivity index (χ4v) is 1.90. The number of aromatic nitrogens is 2. The van der Waals surface area contributed by atoms with Gasteiger partial charge in [-0.25, -0.2) is 9.18 Å². The van der Waals surface area contributed by atoms with E-state index in [-0.39, 0.29) is 23.9 Å². The summed E-state index contributed by atoms with van der Waals surface area (Å²) in [6.07, 6.45) is 0. The second kappa shape index (κ2) is 3.75. The molecule has 0 amide bonds. The van der Waals surface area contributed by atoms with Gasteiger partial charge >= 0.3 is 5.69 Å². The molecule has 1 heterocycles. The molecule has 1 unspecified atom stereocenters. The molecule has 4 nitrogen and oxygen atoms in total. The van der Waals surface area contributed by atoms with Crippen LogP contribution in [0.15, 0.2) is 23.0 Å². The Morgan fingerprint density at radius 2 is 2.19 bits per heavy atom. The van der Waals surface area contributed by atoms with Gasteiger partial charge in [0.05, 0.1) is 18.2 Å². The number of benzene rings is 1. The molecule has 1 aromatic carbocycles. The van der Waals surface area contributed by atoms with Gasteiger partial charge in [-0.1, -0.05) is 6.07 Å². The summed E-state index contributed by atoms with van der Waals surface area (Å²) in [6.45, 7) is 1.56. The van der Waals surface area contributed by atoms with Gasteiger partial charge in [-0.2, -0.15) is 0 Å². The molecule has 0 aliphatic rings. The van der Waals surface area contributed by atoms with E-state index in [1.54, 1.807) is 19.1 Å². The molecule has 1 atom stereocenters. The van der Waals surface area contributed by atoms with Crippen molar-refractivity contribution in [3.63, 3.8) is 0 Å². The molecular weight excluding hydrogens is 211 g/mol. The van der Waals surface area contributed by atoms with E-state index in [4.69, 9.17) is 5.11 Å². The predicted octanol–water partition coefficient (Wildman–Crippen LogP) is 1.03. The van der Waals surface area contributed by atoms with Crippen LogP contribution in [0.3, 0.4) is 0 Å². The Balaban J connectivity index is 2.90. The minimum Gasteiger partial charge on any atom is -0.394 e. The number of aryl methyl sites for hydroxylation is 1. The number of aliphatic hydroxyl groups is 1. The van der Waals surface area contributed by atoms with Crippen molar-refractivity contribution in [1.29, 1.82) is 0 Å². The maximum atomic E-state index is 13.6. The van der Waals surface area contributed by atoms with Crippen LogP contribution in [0.1, 0.15) is 13.0 Å². The van der Waals surface area contributed by atoms with E-state index in [2.05, 4.69) is 0 Å². The van der Waals surface area contributed by atoms with Crippen LogP contribution in [0.2, 0.25) is 0 Å². The number of aliphatic hydroxyl groups excluding tert-OH is 1. The molecule has 2 rings (SSSR count). The van der Waals surface area contributed by atoms with Gasteiger partial charge in [0.25, 0.3) is 0 Å². The largest absolute Gasteiger partial charge is 0.394 e. The molecular formula is C11H13FN2O2. The quantitative estimate of drug-likeness (QED) is 0.828. The van der Waals surface area contributed by atoms with Gasteiger partial charge in [0.1, 0.15) is 11.3 Å². The van der Waals surface area contributed by atoms with Gasteiger partial charge in [0.2, 0.25) is 0 Å². The van der Waals surface area contributed by atoms with Crippen LogP contribution in [0, 0.1) is 5.82 Å². The number of para-hydroxylation sites is 1. The fraction of sp³-hybridized carbons (Fsp3) is 0.364. The van der Waals surface area contributed by atoms with Crippen LogP contribution in [-0.2, 0) is 7.05 Å². The number of hydrogen-bond donors (Lipinski definition) is 1. The van der Waals surface area contributed by atoms with E-state index in [1.165, 1.54) is 22.2 Å². The third-order valence-corrected chi connectivity index (χ3v) is 2.76. The molecule has 1 N–H and O–H groups in total. The molecule has 0 saturated heterocycles. The summed E-state index contributed by atoms with van der Waals surface area (Å²) < 4.78 is 16.2. The number of imidazole rings is 1. The lowest BCUT2D eigenvalue weighted by molar-refractivity contribution is 0.238. The van der Waals surface area contributed by atoms with Crippen LogP contribution in [0.4, 0.5) is 4.39 Å². The van der Waals surface area contributed by atoms with Gasteiger partial charge in [-0.3, -0.25) is 9.13 Å². The Labute approximate surface area is 91.5 Å². The third-order valence-electron chi connectivity index (χ3n) is 2.76. The molecule has 0 radical (unpaired) electrons. The summed E-state index contributed by atoms with van der Waals surface area (Å²) in [5.41, 5.74) is 0.462. The van der Waals surface area contributed by atoms with Crippen LogP contribution >= 0.6 is 0 Å². The van der Waals surface area contributed by atoms with Crippen molar-refractivity contribution < 1.29 is 9.50 Å². The number of halogens is 1. The molecule has 0 aliphatic carbocycles. The average Bonchev–Trinajstić information content (AvgIpc) is 2.52. The minimum absolute atomic E-state index is 0.157. The van der Waals surface area contributed by atoms with Gasteiger partial charge in [0.15, 0.2) is 0 Å². The van der Waals surface area contributed by atoms with Gasteiger partial charge in [0, 0.05) is 7.05 Å². The van der Waals surface area contributed by atoms with Crippen molar-refractivity contribution in [2.24, 2.45) is 7.05 Å². The van der Waals surface area contributed by atoms with Gasteiger partial charge in [-0.15, -0.1) is 0 Å². The lowest BCUT2D eigenvalue weighted by atomic mass is 10.2. The maximum absolute atomic E-state index is 13.6. The molecule has 0 bridgehead atoms. The number of rotatable bonds is 2. The summed E-state index contributed by atoms with van der Waals surface area (Å²) in [5, 5.41) is 9.09. The standard InChI is InChI=1S/C11H13FN2O2/c1-7(6-15)14-9-5-3-4-8(12)10(9)13(2)11(14)16/h3-5,7,15H,6H2,1-2H3. The van der Waals surface area contributed by atoms with Crippen LogP contribution < -0.4 is 5.69 Å². The number of fused-ring (bicyclic) bond motifs is 1. The zero-order valence-electron chi connectivity index (χ0n) is 9.14. The first-order valence-corrected chi connectivity index (χ1v) is 5.04. The van der Waals surface area contributed by atoms with E-state index >= 15 is 0 Å². The highest BCUT2D eigenvalue weighted by molar-refractivity contribution is 5.76. The monoisotopic (exact) mass is 224 g/mol. The smallest absolute Gasteiger partial charge is 0.329 e. The van der Waals surface area contributed by atoms with Crippen molar-refractivity contribution in [2.45, 2.75) is 13.0 Å². The van der Waals surface area contributed by atoms with Gasteiger partial charge < -0.3 is 5.11 Å². The molecule has 2 aromatic rings. The first kappa shape index (κ1) is 10.9. The number of nitrogens with zero attached hydrogens (tertiary/aromatic N) is 2. The summed E-state index contributed by atoms with van der Waals surface area (Å²) in [4.78, 5) is 11.9. The highest BCUT2D eigenvalue weighted by Crippen LogP contribution is 2.18. The van der Waals surface area contributed by atoms with Crippen molar-refractivity contribution in [3.05, 3.63) is 34.5 Å². The van der Waals surface area contributed by atoms with E-state index in [1.807, 2.05) is 0 Å². The van der Waals surface area contributed by atoms with E-state index in [0.717, 1.165) is 0 Å². The molecule has 0 saturated carbocycles. The summed E-state index contributed by atoms with van der Waals surface area (Å²) in [5.74, 6) is -0.430. The van der Waals surface area contributed by atoms with Crippen molar-refractivity contribution in [2.75, 3.05) is 6.61 Å². The van der Waals surface area contributed by atoms with Crippen molar-refractivity contribution in [3.8, 4) is 0 Å². The molecule has 0 fully saturated rings. The second-order valence-corrected chi connectivity index (χ2v) is 3.85. The van der Waals surface area contributed by atoms with Crippen LogP contribution in [0.25, 0.3) is 11.0 Å². The Bertz CT molecular complexity index is 585. The molecule has 1 aromatic heterocycles. The Morgan fingerprint density at radius 1 is 1.50 bits per heavy atom. The zero-order valence-corrected chi connectivity index (χ0v) is 9.14. The molecule has 0 aliphatic heterocycles. The first-order chi connectivity index (χ1) is 7.57. The van der Waals surface area contributed by atoms with E-state index in [9.17, 15) is 9.18 Å². The molecule has 0 spiro atoms. The summed E-state index contributed by atoms with van der Waals surface area (Å²) in [7, 11) is 1.52. The SMILES string of the molecule is CC(CO)n1c(=O)n(C)c2c(F)cccc21. The summed E-state index contributed by atoms with van der Waals surface area (Å²) in [6, 6.07) is 4.18. The Morgan fingerprint density at radius 3 is 2.81 bits per heavy atom. The molecule has 86 valence electrons. The number of hydrogen-bond acceptors (Lipinski definition) is 2. The lowest BCUT2D eigenvalue weighted by Crippen LogP contribution is -2.26. The Kier molecular flexibility index (Phi) is 2.55. The fourth-order valence-electron chi connectivity index (χ4n) is 1.90. The summed E-state index contributed by atoms with van der Waals surface area (Å²) >= 11 is 0. The van der Waals surface area contributed by atoms with Crippen LogP contribution in [-0.4, -0.2) is 20.8 Å². The van der Waals surface area contributed by atoms with Crippen molar-refractivity contribution in [1.82, 2.24) is 9.13 Å². The molecule has 16 heavy (non-hydrogen) atoms.